The van der Waals surface area contributed by atoms with Gasteiger partial charge in [-0.3, -0.25) is 0 Å². The van der Waals surface area contributed by atoms with Crippen LogP contribution in [0, 0.1) is 0 Å². The predicted octanol–water partition coefficient (Wildman–Crippen LogP) is 2.79. The molecule has 0 saturated heterocycles. The summed E-state index contributed by atoms with van der Waals surface area (Å²) < 4.78 is 25.2. The summed E-state index contributed by atoms with van der Waals surface area (Å²) in [5, 5.41) is 0. The minimum absolute atomic E-state index is 1.08. The number of halogens is 2. The SMILES string of the molecule is C[Te](C)(C)(C)(F)F. The molecule has 0 aromatic carbocycles. The Kier molecular flexibility index (Phi) is 0.947. The van der Waals surface area contributed by atoms with Gasteiger partial charge in [0.05, 0.1) is 0 Å². The minimum atomic E-state index is -5.18. The summed E-state index contributed by atoms with van der Waals surface area (Å²) in [6.07, 6.45) is 0. The van der Waals surface area contributed by atoms with Crippen LogP contribution in [0.15, 0.2) is 0 Å². The molecule has 0 aliphatic carbocycles. The summed E-state index contributed by atoms with van der Waals surface area (Å²) in [6.45, 7) is 0. The molecule has 0 nitrogen and oxygen atoms in total. The van der Waals surface area contributed by atoms with E-state index in [2.05, 4.69) is 0 Å². The second-order valence-electron chi connectivity index (χ2n) is 3.74. The van der Waals surface area contributed by atoms with Gasteiger partial charge in [0.15, 0.2) is 0 Å². The van der Waals surface area contributed by atoms with E-state index in [9.17, 15) is 5.78 Å². The zero-order valence-electron chi connectivity index (χ0n) is 5.16. The number of hydrogen-bond acceptors (Lipinski definition) is 0. The van der Waals surface area contributed by atoms with Gasteiger partial charge in [-0.05, 0) is 0 Å². The molecular formula is C4H12F2Te. The van der Waals surface area contributed by atoms with E-state index < -0.39 is 16.6 Å². The molecule has 0 spiro atoms. The molecule has 0 aromatic rings. The zero-order chi connectivity index (χ0) is 6.41. The fourth-order valence-electron chi connectivity index (χ4n) is 0. The molecule has 0 amide bonds. The molecule has 0 rings (SSSR count). The number of hydrogen-bond donors (Lipinski definition) is 0. The predicted molar refractivity (Wildman–Crippen MR) is 31.4 cm³/mol. The molecule has 0 unspecified atom stereocenters. The molecule has 7 heavy (non-hydrogen) atoms. The molecular weight excluding hydrogens is 214 g/mol. The Morgan fingerprint density at radius 2 is 0.857 bits per heavy atom. The summed E-state index contributed by atoms with van der Waals surface area (Å²) >= 11 is -5.18. The van der Waals surface area contributed by atoms with Gasteiger partial charge in [0.2, 0.25) is 0 Å². The van der Waals surface area contributed by atoms with Gasteiger partial charge in [0.1, 0.15) is 0 Å². The summed E-state index contributed by atoms with van der Waals surface area (Å²) in [4.78, 5) is 4.34. The fraction of sp³-hybridized carbons (Fsp3) is 1.00. The van der Waals surface area contributed by atoms with Crippen molar-refractivity contribution in [2.24, 2.45) is 0 Å². The molecule has 0 bridgehead atoms. The van der Waals surface area contributed by atoms with Crippen molar-refractivity contribution >= 4 is 16.6 Å². The van der Waals surface area contributed by atoms with Gasteiger partial charge < -0.3 is 0 Å². The van der Waals surface area contributed by atoms with Gasteiger partial charge in [0, 0.05) is 0 Å². The second kappa shape index (κ2) is 0.867. The molecule has 0 aliphatic heterocycles. The van der Waals surface area contributed by atoms with Crippen LogP contribution in [0.1, 0.15) is 0 Å². The molecule has 0 fully saturated rings. The summed E-state index contributed by atoms with van der Waals surface area (Å²) in [5.74, 6) is 0. The quantitative estimate of drug-likeness (QED) is 0.557. The van der Waals surface area contributed by atoms with Crippen molar-refractivity contribution in [2.45, 2.75) is 19.9 Å². The van der Waals surface area contributed by atoms with Crippen molar-refractivity contribution in [3.8, 4) is 0 Å². The standard InChI is InChI=1S/C4H12F2Te/c1-7(2,3,4,5)6/h1-4H3. The molecule has 0 aromatic heterocycles. The van der Waals surface area contributed by atoms with Gasteiger partial charge in [-0.15, -0.1) is 0 Å². The van der Waals surface area contributed by atoms with E-state index in [-0.39, 0.29) is 0 Å². The van der Waals surface area contributed by atoms with Crippen LogP contribution < -0.4 is 0 Å². The van der Waals surface area contributed by atoms with Crippen LogP contribution >= 0.6 is 0 Å². The van der Waals surface area contributed by atoms with Crippen molar-refractivity contribution in [1.82, 2.24) is 0 Å². The maximum absolute atomic E-state index is 12.6. The summed E-state index contributed by atoms with van der Waals surface area (Å²) in [5.41, 5.74) is 0. The molecule has 0 saturated carbocycles. The molecule has 0 atom stereocenters. The van der Waals surface area contributed by atoms with Crippen molar-refractivity contribution in [3.63, 3.8) is 0 Å². The third-order valence-corrected chi connectivity index (χ3v) is 0. The van der Waals surface area contributed by atoms with Crippen LogP contribution in [-0.4, -0.2) is 16.6 Å². The Labute approximate surface area is 42.6 Å². The summed E-state index contributed by atoms with van der Waals surface area (Å²) in [7, 11) is 0. The van der Waals surface area contributed by atoms with Crippen LogP contribution in [0.2, 0.25) is 19.9 Å². The Morgan fingerprint density at radius 3 is 0.857 bits per heavy atom. The van der Waals surface area contributed by atoms with Gasteiger partial charge in [-0.25, -0.2) is 0 Å². The number of rotatable bonds is 0. The van der Waals surface area contributed by atoms with Gasteiger partial charge in [-0.2, -0.15) is 0 Å². The van der Waals surface area contributed by atoms with E-state index in [4.69, 9.17) is 0 Å². The van der Waals surface area contributed by atoms with E-state index in [0.717, 1.165) is 19.9 Å². The van der Waals surface area contributed by atoms with Crippen LogP contribution in [-0.2, 0) is 0 Å². The first-order chi connectivity index (χ1) is 2.45. The van der Waals surface area contributed by atoms with E-state index in [1.165, 1.54) is 0 Å². The van der Waals surface area contributed by atoms with Crippen LogP contribution in [0.5, 0.6) is 0 Å². The van der Waals surface area contributed by atoms with Crippen LogP contribution in [0.3, 0.4) is 0 Å². The van der Waals surface area contributed by atoms with E-state index in [1.807, 2.05) is 0 Å². The average molecular weight is 226 g/mol. The Bertz CT molecular complexity index is 68.3. The molecule has 0 N–H and O–H groups in total. The third kappa shape index (κ3) is 341. The van der Waals surface area contributed by atoms with E-state index >= 15 is 0 Å². The summed E-state index contributed by atoms with van der Waals surface area (Å²) in [6, 6.07) is 0. The van der Waals surface area contributed by atoms with Crippen molar-refractivity contribution in [1.29, 1.82) is 0 Å². The molecule has 3 heteroatoms. The van der Waals surface area contributed by atoms with Crippen molar-refractivity contribution in [2.75, 3.05) is 0 Å². The molecule has 0 heterocycles. The molecule has 0 aliphatic rings. The monoisotopic (exact) mass is 228 g/mol. The van der Waals surface area contributed by atoms with Gasteiger partial charge in [-0.1, -0.05) is 0 Å². The van der Waals surface area contributed by atoms with Crippen molar-refractivity contribution < 1.29 is 5.78 Å². The molecule has 0 radical (unpaired) electrons. The van der Waals surface area contributed by atoms with E-state index in [0.29, 0.717) is 0 Å². The van der Waals surface area contributed by atoms with Crippen LogP contribution in [0.4, 0.5) is 5.78 Å². The van der Waals surface area contributed by atoms with E-state index in [1.54, 1.807) is 0 Å². The second-order valence-corrected chi connectivity index (χ2v) is 25.1. The Morgan fingerprint density at radius 1 is 0.857 bits per heavy atom. The topological polar surface area (TPSA) is 0 Å². The van der Waals surface area contributed by atoms with Crippen LogP contribution in [0.25, 0.3) is 0 Å². The average Bonchev–Trinajstić information content (AvgIpc) is 0.592. The fourth-order valence-corrected chi connectivity index (χ4v) is 0. The third-order valence-electron chi connectivity index (χ3n) is 0. The Hall–Kier alpha value is 0.650. The first-order valence-electron chi connectivity index (χ1n) is 1.94. The first kappa shape index (κ1) is 7.65. The first-order valence-corrected chi connectivity index (χ1v) is 13.0. The van der Waals surface area contributed by atoms with Crippen molar-refractivity contribution in [3.05, 3.63) is 0 Å². The Balaban J connectivity index is 4.43. The normalized spacial score (nSPS) is 23.1. The van der Waals surface area contributed by atoms with Gasteiger partial charge >= 0.3 is 42.2 Å². The molecule has 48 valence electrons. The zero-order valence-corrected chi connectivity index (χ0v) is 7.49. The maximum atomic E-state index is 12.6. The van der Waals surface area contributed by atoms with Gasteiger partial charge in [0.25, 0.3) is 0 Å².